The Morgan fingerprint density at radius 2 is 1.93 bits per heavy atom. The van der Waals surface area contributed by atoms with Gasteiger partial charge < -0.3 is 24.7 Å². The second-order valence-corrected chi connectivity index (χ2v) is 7.45. The molecule has 2 N–H and O–H groups in total. The zero-order valence-corrected chi connectivity index (χ0v) is 17.2. The van der Waals surface area contributed by atoms with E-state index in [4.69, 9.17) is 9.15 Å². The first kappa shape index (κ1) is 21.4. The number of nitrogens with one attached hydrogen (secondary N) is 2. The van der Waals surface area contributed by atoms with Gasteiger partial charge in [0.2, 0.25) is 0 Å². The van der Waals surface area contributed by atoms with Crippen LogP contribution in [0.15, 0.2) is 53.1 Å². The van der Waals surface area contributed by atoms with Gasteiger partial charge >= 0.3 is 6.03 Å². The normalized spacial score (nSPS) is 16.4. The predicted molar refractivity (Wildman–Crippen MR) is 113 cm³/mol. The zero-order valence-electron chi connectivity index (χ0n) is 17.2. The first-order valence-electron chi connectivity index (χ1n) is 10.3. The molecule has 0 radical (unpaired) electrons. The number of ether oxygens (including phenoxy) is 1. The van der Waals surface area contributed by atoms with E-state index in [2.05, 4.69) is 39.6 Å². The Morgan fingerprint density at radius 1 is 1.14 bits per heavy atom. The fraction of sp³-hybridized carbons (Fsp3) is 0.500. The van der Waals surface area contributed by atoms with Crippen LogP contribution < -0.4 is 10.6 Å². The van der Waals surface area contributed by atoms with Gasteiger partial charge in [-0.1, -0.05) is 30.3 Å². The molecule has 158 valence electrons. The maximum Gasteiger partial charge on any atom is 0.315 e. The molecule has 1 aromatic heterocycles. The van der Waals surface area contributed by atoms with Crippen molar-refractivity contribution >= 4 is 6.03 Å². The fourth-order valence-corrected chi connectivity index (χ4v) is 3.36. The van der Waals surface area contributed by atoms with Crippen LogP contribution >= 0.6 is 0 Å². The lowest BCUT2D eigenvalue weighted by Crippen LogP contribution is -2.49. The average molecular weight is 401 g/mol. The zero-order chi connectivity index (χ0) is 20.3. The number of likely N-dealkylation sites (N-methyl/N-ethyl adjacent to an activating group) is 1. The van der Waals surface area contributed by atoms with E-state index in [1.54, 1.807) is 6.26 Å². The Morgan fingerprint density at radius 3 is 2.66 bits per heavy atom. The third-order valence-corrected chi connectivity index (χ3v) is 5.12. The molecular formula is C22H32N4O3. The standard InChI is InChI=1S/C22H32N4O3/c1-25-11-13-26(14-12-25)17-21(19-7-3-2-4-8-19)24-22(27)23-10-6-15-28-18-20-9-5-16-29-20/h2-5,7-9,16,21H,6,10-15,17-18H2,1H3,(H2,23,24,27). The highest BCUT2D eigenvalue weighted by molar-refractivity contribution is 5.74. The summed E-state index contributed by atoms with van der Waals surface area (Å²) >= 11 is 0. The van der Waals surface area contributed by atoms with Gasteiger partial charge in [0.05, 0.1) is 12.3 Å². The third kappa shape index (κ3) is 7.53. The van der Waals surface area contributed by atoms with Crippen molar-refractivity contribution in [2.24, 2.45) is 0 Å². The number of rotatable bonds is 10. The van der Waals surface area contributed by atoms with Crippen molar-refractivity contribution in [1.29, 1.82) is 0 Å². The molecule has 3 rings (SSSR count). The van der Waals surface area contributed by atoms with Crippen LogP contribution in [0, 0.1) is 0 Å². The van der Waals surface area contributed by atoms with E-state index in [1.807, 2.05) is 30.3 Å². The van der Waals surface area contributed by atoms with Crippen molar-refractivity contribution < 1.29 is 13.9 Å². The van der Waals surface area contributed by atoms with Crippen LogP contribution in [0.2, 0.25) is 0 Å². The van der Waals surface area contributed by atoms with Crippen LogP contribution in [0.4, 0.5) is 4.79 Å². The van der Waals surface area contributed by atoms with E-state index < -0.39 is 0 Å². The maximum absolute atomic E-state index is 12.4. The number of urea groups is 1. The van der Waals surface area contributed by atoms with E-state index in [-0.39, 0.29) is 12.1 Å². The highest BCUT2D eigenvalue weighted by Gasteiger charge is 2.21. The maximum atomic E-state index is 12.4. The quantitative estimate of drug-likeness (QED) is 0.600. The molecule has 7 heteroatoms. The van der Waals surface area contributed by atoms with Crippen LogP contribution in [0.5, 0.6) is 0 Å². The molecule has 0 aliphatic carbocycles. The number of amides is 2. The van der Waals surface area contributed by atoms with Gasteiger partial charge in [-0.15, -0.1) is 0 Å². The molecule has 1 aromatic carbocycles. The number of piperazine rings is 1. The van der Waals surface area contributed by atoms with Crippen LogP contribution in [0.25, 0.3) is 0 Å². The minimum atomic E-state index is -0.140. The van der Waals surface area contributed by atoms with Crippen molar-refractivity contribution in [3.8, 4) is 0 Å². The van der Waals surface area contributed by atoms with Gasteiger partial charge in [-0.3, -0.25) is 4.90 Å². The lowest BCUT2D eigenvalue weighted by atomic mass is 10.1. The molecule has 1 unspecified atom stereocenters. The second kappa shape index (κ2) is 11.6. The minimum absolute atomic E-state index is 0.0326. The van der Waals surface area contributed by atoms with Crippen molar-refractivity contribution in [2.75, 3.05) is 52.9 Å². The average Bonchev–Trinajstić information content (AvgIpc) is 3.26. The van der Waals surface area contributed by atoms with Gasteiger partial charge in [0.25, 0.3) is 0 Å². The number of furan rings is 1. The molecule has 29 heavy (non-hydrogen) atoms. The highest BCUT2D eigenvalue weighted by atomic mass is 16.5. The van der Waals surface area contributed by atoms with Crippen LogP contribution in [-0.4, -0.2) is 68.8 Å². The number of carbonyl (C=O) groups excluding carboxylic acids is 1. The first-order valence-corrected chi connectivity index (χ1v) is 10.3. The van der Waals surface area contributed by atoms with E-state index >= 15 is 0 Å². The predicted octanol–water partition coefficient (Wildman–Crippen LogP) is 2.47. The highest BCUT2D eigenvalue weighted by Crippen LogP contribution is 2.15. The summed E-state index contributed by atoms with van der Waals surface area (Å²) in [7, 11) is 2.15. The Labute approximate surface area is 173 Å². The molecular weight excluding hydrogens is 368 g/mol. The summed E-state index contributed by atoms with van der Waals surface area (Å²) < 4.78 is 10.8. The second-order valence-electron chi connectivity index (χ2n) is 7.45. The SMILES string of the molecule is CN1CCN(CC(NC(=O)NCCCOCc2ccco2)c2ccccc2)CC1. The summed E-state index contributed by atoms with van der Waals surface area (Å²) in [6.45, 7) is 6.59. The van der Waals surface area contributed by atoms with Gasteiger partial charge in [0, 0.05) is 45.9 Å². The van der Waals surface area contributed by atoms with Crippen LogP contribution in [0.3, 0.4) is 0 Å². The van der Waals surface area contributed by atoms with E-state index in [1.165, 1.54) is 0 Å². The summed E-state index contributed by atoms with van der Waals surface area (Å²) in [5, 5.41) is 6.08. The molecule has 0 bridgehead atoms. The minimum Gasteiger partial charge on any atom is -0.467 e. The lowest BCUT2D eigenvalue weighted by molar-refractivity contribution is 0.104. The molecule has 1 saturated heterocycles. The van der Waals surface area contributed by atoms with Gasteiger partial charge in [0.1, 0.15) is 12.4 Å². The Bertz CT molecular complexity index is 700. The van der Waals surface area contributed by atoms with Gasteiger partial charge in [-0.05, 0) is 31.2 Å². The molecule has 2 aromatic rings. The summed E-state index contributed by atoms with van der Waals surface area (Å²) in [6.07, 6.45) is 2.39. The summed E-state index contributed by atoms with van der Waals surface area (Å²) in [4.78, 5) is 17.2. The summed E-state index contributed by atoms with van der Waals surface area (Å²) in [6, 6.07) is 13.7. The molecule has 2 heterocycles. The molecule has 0 spiro atoms. The number of hydrogen-bond acceptors (Lipinski definition) is 5. The summed E-state index contributed by atoms with van der Waals surface area (Å²) in [5.74, 6) is 0.810. The van der Waals surface area contributed by atoms with Crippen LogP contribution in [0.1, 0.15) is 23.8 Å². The van der Waals surface area contributed by atoms with Crippen molar-refractivity contribution in [3.63, 3.8) is 0 Å². The van der Waals surface area contributed by atoms with Crippen LogP contribution in [-0.2, 0) is 11.3 Å². The smallest absolute Gasteiger partial charge is 0.315 e. The lowest BCUT2D eigenvalue weighted by Gasteiger charge is -2.35. The largest absolute Gasteiger partial charge is 0.467 e. The Kier molecular flexibility index (Phi) is 8.55. The summed E-state index contributed by atoms with van der Waals surface area (Å²) in [5.41, 5.74) is 1.13. The number of hydrogen-bond donors (Lipinski definition) is 2. The number of carbonyl (C=O) groups is 1. The molecule has 0 saturated carbocycles. The molecule has 2 amide bonds. The molecule has 1 atom stereocenters. The van der Waals surface area contributed by atoms with Gasteiger partial charge in [-0.25, -0.2) is 4.79 Å². The third-order valence-electron chi connectivity index (χ3n) is 5.12. The molecule has 7 nitrogen and oxygen atoms in total. The van der Waals surface area contributed by atoms with Gasteiger partial charge in [-0.2, -0.15) is 0 Å². The fourth-order valence-electron chi connectivity index (χ4n) is 3.36. The van der Waals surface area contributed by atoms with Crippen molar-refractivity contribution in [1.82, 2.24) is 20.4 Å². The van der Waals surface area contributed by atoms with E-state index in [0.717, 1.165) is 50.5 Å². The van der Waals surface area contributed by atoms with Crippen molar-refractivity contribution in [2.45, 2.75) is 19.1 Å². The monoisotopic (exact) mass is 400 g/mol. The number of nitrogens with zero attached hydrogens (tertiary/aromatic N) is 2. The molecule has 1 aliphatic heterocycles. The van der Waals surface area contributed by atoms with Crippen molar-refractivity contribution in [3.05, 3.63) is 60.1 Å². The molecule has 1 fully saturated rings. The molecule has 1 aliphatic rings. The topological polar surface area (TPSA) is 70.0 Å². The van der Waals surface area contributed by atoms with Gasteiger partial charge in [0.15, 0.2) is 0 Å². The Hall–Kier alpha value is -2.35. The first-order chi connectivity index (χ1) is 14.2. The van der Waals surface area contributed by atoms with E-state index in [9.17, 15) is 4.79 Å². The van der Waals surface area contributed by atoms with E-state index in [0.29, 0.717) is 19.8 Å². The Balaban J connectivity index is 1.40. The number of benzene rings is 1.